The van der Waals surface area contributed by atoms with Crippen molar-refractivity contribution < 1.29 is 18.3 Å². The van der Waals surface area contributed by atoms with E-state index >= 15 is 0 Å². The van der Waals surface area contributed by atoms with Gasteiger partial charge < -0.3 is 46.7 Å². The van der Waals surface area contributed by atoms with Gasteiger partial charge in [-0.2, -0.15) is 4.98 Å². The summed E-state index contributed by atoms with van der Waals surface area (Å²) in [6.07, 6.45) is 0. The monoisotopic (exact) mass is 1830 g/mol. The molecule has 0 amide bonds. The van der Waals surface area contributed by atoms with Gasteiger partial charge in [0.05, 0.1) is 84.3 Å². The molecule has 31 rings (SSSR count). The summed E-state index contributed by atoms with van der Waals surface area (Å²) >= 11 is 0. The van der Waals surface area contributed by atoms with Gasteiger partial charge in [-0.3, -0.25) is 0 Å². The van der Waals surface area contributed by atoms with Crippen molar-refractivity contribution in [3.05, 3.63) is 485 Å². The molecule has 0 N–H and O–H groups in total. The van der Waals surface area contributed by atoms with Crippen LogP contribution < -0.4 is 73.5 Å². The molecule has 666 valence electrons. The normalized spacial score (nSPS) is 12.7. The van der Waals surface area contributed by atoms with E-state index in [1.807, 2.05) is 97.1 Å². The van der Waals surface area contributed by atoms with E-state index in [2.05, 4.69) is 417 Å². The number of oxazole rings is 2. The Morgan fingerprint density at radius 1 is 0.224 bits per heavy atom. The van der Waals surface area contributed by atoms with E-state index in [0.29, 0.717) is 23.0 Å². The van der Waals surface area contributed by atoms with E-state index in [1.165, 1.54) is 110 Å². The zero-order valence-electron chi connectivity index (χ0n) is 77.1. The molecule has 0 saturated heterocycles. The summed E-state index contributed by atoms with van der Waals surface area (Å²) in [5, 5.41) is 7.54. The highest BCUT2D eigenvalue weighted by molar-refractivity contribution is 6.97. The number of para-hydroxylation sites is 13. The first-order chi connectivity index (χ1) is 70.9. The SMILES string of the molecule is c1ccc(-c2nc3cc(B4c5ccccc5Oc5cc(N6c7ccccc7-n7c8ccccc8c8cccc6c87)ccc54)ccc3o2)cc1.c1ccc(-c2nc3nc(B4c5ccccc5Oc5cc(N6c7ccccc7-n7c8ccccc8c8cccc6c87)ccc54)ccc3o2)cc1.c1ccc(B(c2ccccc2)c2ccc(-c3ccc4c(c3)N(c3ccccc3)c3cccc5c6ccccc6n-4c35)cc2)cc1. The molecular formula is C127H80B3N9O4. The van der Waals surface area contributed by atoms with Gasteiger partial charge in [0.15, 0.2) is 16.8 Å². The van der Waals surface area contributed by atoms with Crippen molar-refractivity contribution in [1.82, 2.24) is 28.7 Å². The van der Waals surface area contributed by atoms with Crippen LogP contribution in [0.3, 0.4) is 0 Å². The van der Waals surface area contributed by atoms with Gasteiger partial charge in [0.25, 0.3) is 13.4 Å². The van der Waals surface area contributed by atoms with Crippen molar-refractivity contribution in [2.75, 3.05) is 14.7 Å². The molecule has 0 saturated carbocycles. The van der Waals surface area contributed by atoms with E-state index < -0.39 is 0 Å². The fourth-order valence-corrected chi connectivity index (χ4v) is 23.0. The van der Waals surface area contributed by atoms with Gasteiger partial charge in [-0.25, -0.2) is 9.97 Å². The zero-order valence-corrected chi connectivity index (χ0v) is 77.1. The Labute approximate surface area is 823 Å². The largest absolute Gasteiger partial charge is 0.458 e. The molecule has 0 spiro atoms. The van der Waals surface area contributed by atoms with Crippen molar-refractivity contribution in [3.8, 4) is 74.1 Å². The first-order valence-corrected chi connectivity index (χ1v) is 48.6. The van der Waals surface area contributed by atoms with E-state index in [-0.39, 0.29) is 20.1 Å². The Hall–Kier alpha value is -18.9. The van der Waals surface area contributed by atoms with E-state index in [1.54, 1.807) is 0 Å². The molecule has 5 aliphatic heterocycles. The Morgan fingerprint density at radius 3 is 1.15 bits per heavy atom. The third kappa shape index (κ3) is 13.1. The maximum atomic E-state index is 6.72. The Balaban J connectivity index is 0.000000102. The van der Waals surface area contributed by atoms with Gasteiger partial charge in [-0.15, -0.1) is 0 Å². The van der Waals surface area contributed by atoms with Crippen LogP contribution in [0, 0.1) is 0 Å². The fourth-order valence-electron chi connectivity index (χ4n) is 23.0. The molecule has 0 atom stereocenters. The number of hydrogen-bond acceptors (Lipinski definition) is 10. The second-order valence-electron chi connectivity index (χ2n) is 37.1. The predicted molar refractivity (Wildman–Crippen MR) is 589 cm³/mol. The van der Waals surface area contributed by atoms with Gasteiger partial charge in [0.1, 0.15) is 28.5 Å². The summed E-state index contributed by atoms with van der Waals surface area (Å²) in [5.74, 6) is 4.54. The van der Waals surface area contributed by atoms with Crippen LogP contribution in [0.4, 0.5) is 51.2 Å². The average molecular weight is 1830 g/mol. The first-order valence-electron chi connectivity index (χ1n) is 48.6. The lowest BCUT2D eigenvalue weighted by molar-refractivity contribution is 0.487. The second-order valence-corrected chi connectivity index (χ2v) is 37.1. The van der Waals surface area contributed by atoms with Crippen LogP contribution in [0.5, 0.6) is 23.0 Å². The second kappa shape index (κ2) is 32.9. The molecule has 16 heteroatoms. The van der Waals surface area contributed by atoms with E-state index in [0.717, 1.165) is 129 Å². The Morgan fingerprint density at radius 2 is 0.615 bits per heavy atom. The standard InChI is InChI=1S/C43H26BN3O2.C42H25BN4O2.C42H29BN2/c1-2-11-27(12-3-1)43-45-34-25-28(21-24-40(34)49-43)44-32-15-5-9-20-39(32)48-41-26-29(22-23-33(41)44)46-36-17-7-8-18-37(36)47-35-16-6-4-13-30(35)31-14-10-19-38(46)42(31)47;1-2-11-26(12-3-1)42-45-41-37(49-42)23-24-39(44-41)43-30-15-5-9-20-36(30)48-38-25-27(21-22-31(38)43)46-33-17-7-8-18-34(33)47-32-16-6-4-13-28(32)29-14-10-19-35(46)40(29)47;1-4-13-32(14-5-1)43(33-15-6-2-7-16-33)34-26-23-30(24-27-34)31-25-28-39-41(29-31)44(35-17-8-3-9-18-35)40-22-12-20-37-36-19-10-11-21-38(36)45(39)42(37)40/h1-26H;1-25H;1-29H. The number of fused-ring (bicyclic) bond motifs is 21. The minimum Gasteiger partial charge on any atom is -0.458 e. The highest BCUT2D eigenvalue weighted by atomic mass is 16.5. The van der Waals surface area contributed by atoms with Crippen LogP contribution in [0.15, 0.2) is 494 Å². The van der Waals surface area contributed by atoms with Crippen LogP contribution in [0.25, 0.3) is 139 Å². The molecule has 6 aromatic heterocycles. The van der Waals surface area contributed by atoms with Gasteiger partial charge in [0, 0.05) is 78.2 Å². The molecule has 26 aromatic rings. The highest BCUT2D eigenvalue weighted by Crippen LogP contribution is 2.55. The number of benzene rings is 20. The summed E-state index contributed by atoms with van der Waals surface area (Å²) in [6.45, 7) is 0.00393. The summed E-state index contributed by atoms with van der Waals surface area (Å²) < 4.78 is 33.0. The van der Waals surface area contributed by atoms with Crippen molar-refractivity contribution in [3.63, 3.8) is 0 Å². The fraction of sp³-hybridized carbons (Fsp3) is 0. The summed E-state index contributed by atoms with van der Waals surface area (Å²) in [7, 11) is 0. The third-order valence-corrected chi connectivity index (χ3v) is 29.2. The molecule has 143 heavy (non-hydrogen) atoms. The molecular weight excluding hydrogens is 1750 g/mol. The van der Waals surface area contributed by atoms with Gasteiger partial charge in [-0.05, 0) is 191 Å². The maximum absolute atomic E-state index is 6.72. The lowest BCUT2D eigenvalue weighted by Gasteiger charge is -2.34. The number of pyridine rings is 1. The lowest BCUT2D eigenvalue weighted by Crippen LogP contribution is -2.55. The summed E-state index contributed by atoms with van der Waals surface area (Å²) in [6, 6.07) is 172. The average Bonchev–Trinajstić information content (AvgIpc) is 1.55. The minimum absolute atomic E-state index is 0.0325. The van der Waals surface area contributed by atoms with Crippen molar-refractivity contribution >= 4 is 208 Å². The van der Waals surface area contributed by atoms with Crippen molar-refractivity contribution in [2.24, 2.45) is 0 Å². The molecule has 0 aliphatic carbocycles. The van der Waals surface area contributed by atoms with E-state index in [4.69, 9.17) is 33.3 Å². The van der Waals surface area contributed by atoms with Gasteiger partial charge >= 0.3 is 0 Å². The molecule has 0 radical (unpaired) electrons. The number of ether oxygens (including phenoxy) is 2. The topological polar surface area (TPSA) is 108 Å². The number of aromatic nitrogens is 6. The first kappa shape index (κ1) is 81.3. The molecule has 5 aliphatic rings. The Kier molecular flexibility index (Phi) is 18.7. The Bertz CT molecular complexity index is 9200. The summed E-state index contributed by atoms with van der Waals surface area (Å²) in [4.78, 5) is 21.9. The molecule has 13 nitrogen and oxygen atoms in total. The van der Waals surface area contributed by atoms with Gasteiger partial charge in [0.2, 0.25) is 18.5 Å². The number of anilines is 9. The van der Waals surface area contributed by atoms with Crippen LogP contribution in [0.1, 0.15) is 0 Å². The van der Waals surface area contributed by atoms with Gasteiger partial charge in [-0.1, -0.05) is 337 Å². The van der Waals surface area contributed by atoms with Crippen LogP contribution in [-0.2, 0) is 0 Å². The molecule has 0 bridgehead atoms. The highest BCUT2D eigenvalue weighted by Gasteiger charge is 2.40. The number of hydrogen-bond donors (Lipinski definition) is 0. The molecule has 20 aromatic carbocycles. The van der Waals surface area contributed by atoms with Crippen molar-refractivity contribution in [1.29, 1.82) is 0 Å². The smallest absolute Gasteiger partial charge is 0.274 e. The maximum Gasteiger partial charge on any atom is 0.274 e. The predicted octanol–water partition coefficient (Wildman–Crippen LogP) is 26.1. The van der Waals surface area contributed by atoms with Crippen molar-refractivity contribution in [2.45, 2.75) is 0 Å². The summed E-state index contributed by atoms with van der Waals surface area (Å²) in [5.41, 5.74) is 38.4. The zero-order chi connectivity index (χ0) is 93.8. The van der Waals surface area contributed by atoms with Crippen LogP contribution in [0.2, 0.25) is 0 Å². The van der Waals surface area contributed by atoms with Crippen LogP contribution in [-0.4, -0.2) is 48.8 Å². The van der Waals surface area contributed by atoms with E-state index in [9.17, 15) is 0 Å². The number of rotatable bonds is 11. The third-order valence-electron chi connectivity index (χ3n) is 29.2. The molecule has 11 heterocycles. The van der Waals surface area contributed by atoms with Crippen LogP contribution >= 0.6 is 0 Å². The lowest BCUT2D eigenvalue weighted by atomic mass is 9.36. The quantitative estimate of drug-likeness (QED) is 0.116. The minimum atomic E-state index is -0.144. The number of nitrogens with zero attached hydrogens (tertiary/aromatic N) is 9. The molecule has 0 fully saturated rings. The molecule has 0 unspecified atom stereocenters.